The van der Waals surface area contributed by atoms with Gasteiger partial charge in [0.05, 0.1) is 6.04 Å². The third kappa shape index (κ3) is 3.98. The minimum Gasteiger partial charge on any atom is -0.462 e. The van der Waals surface area contributed by atoms with Crippen molar-refractivity contribution in [1.82, 2.24) is 15.1 Å². The Morgan fingerprint density at radius 1 is 1.00 bits per heavy atom. The summed E-state index contributed by atoms with van der Waals surface area (Å²) in [5.74, 6) is -1.59. The summed E-state index contributed by atoms with van der Waals surface area (Å²) in [7, 11) is 0. The third-order valence-electron chi connectivity index (χ3n) is 6.30. The topological polar surface area (TPSA) is 125 Å². The standard InChI is InChI=1S/C24H22N4O6/c29-20-9-8-18(22(31)26-20)27-11-15-10-16(6-7-17(15)23(27)32)25-24(33)28-12-21(30)34-13-19(28)14-4-2-1-3-5-14/h1-7,10,18-19H,8-9,11-13H2,(H,25,33)(H,26,29,31)/t18?,19-/m0/s1. The molecule has 2 aromatic rings. The number of imide groups is 1. The van der Waals surface area contributed by atoms with Crippen molar-refractivity contribution in [1.29, 1.82) is 0 Å². The van der Waals surface area contributed by atoms with E-state index < -0.39 is 30.0 Å². The summed E-state index contributed by atoms with van der Waals surface area (Å²) in [4.78, 5) is 64.4. The van der Waals surface area contributed by atoms with Gasteiger partial charge in [0.1, 0.15) is 19.2 Å². The number of carbonyl (C=O) groups excluding carboxylic acids is 5. The lowest BCUT2D eigenvalue weighted by Gasteiger charge is -2.34. The average Bonchev–Trinajstić information content (AvgIpc) is 3.15. The highest BCUT2D eigenvalue weighted by Crippen LogP contribution is 2.30. The van der Waals surface area contributed by atoms with Crippen LogP contribution in [-0.4, -0.2) is 58.7 Å². The van der Waals surface area contributed by atoms with Gasteiger partial charge in [-0.25, -0.2) is 4.79 Å². The van der Waals surface area contributed by atoms with E-state index in [1.165, 1.54) is 9.80 Å². The van der Waals surface area contributed by atoms with Crippen molar-refractivity contribution in [2.24, 2.45) is 0 Å². The minimum absolute atomic E-state index is 0.0653. The first kappa shape index (κ1) is 21.6. The molecule has 2 atom stereocenters. The van der Waals surface area contributed by atoms with Gasteiger partial charge in [0, 0.05) is 24.2 Å². The zero-order chi connectivity index (χ0) is 23.8. The van der Waals surface area contributed by atoms with Gasteiger partial charge in [-0.3, -0.25) is 24.5 Å². The van der Waals surface area contributed by atoms with Gasteiger partial charge < -0.3 is 19.9 Å². The Morgan fingerprint density at radius 2 is 1.79 bits per heavy atom. The molecule has 34 heavy (non-hydrogen) atoms. The molecule has 1 unspecified atom stereocenters. The van der Waals surface area contributed by atoms with Crippen LogP contribution < -0.4 is 10.6 Å². The van der Waals surface area contributed by atoms with E-state index in [9.17, 15) is 24.0 Å². The zero-order valence-electron chi connectivity index (χ0n) is 18.2. The van der Waals surface area contributed by atoms with Crippen molar-refractivity contribution in [3.63, 3.8) is 0 Å². The number of nitrogens with zero attached hydrogens (tertiary/aromatic N) is 2. The molecule has 3 aliphatic heterocycles. The van der Waals surface area contributed by atoms with Crippen LogP contribution in [0, 0.1) is 0 Å². The summed E-state index contributed by atoms with van der Waals surface area (Å²) in [5, 5.41) is 5.09. The van der Waals surface area contributed by atoms with Crippen LogP contribution in [0.3, 0.4) is 0 Å². The summed E-state index contributed by atoms with van der Waals surface area (Å²) in [6.07, 6.45) is 0.457. The van der Waals surface area contributed by atoms with Gasteiger partial charge in [0.2, 0.25) is 11.8 Å². The van der Waals surface area contributed by atoms with Gasteiger partial charge in [0.25, 0.3) is 5.91 Å². The third-order valence-corrected chi connectivity index (χ3v) is 6.30. The second-order valence-corrected chi connectivity index (χ2v) is 8.44. The number of piperidine rings is 1. The lowest BCUT2D eigenvalue weighted by atomic mass is 10.0. The molecule has 5 rings (SSSR count). The highest BCUT2D eigenvalue weighted by atomic mass is 16.5. The highest BCUT2D eigenvalue weighted by Gasteiger charge is 2.39. The fourth-order valence-electron chi connectivity index (χ4n) is 4.57. The number of nitrogens with one attached hydrogen (secondary N) is 2. The van der Waals surface area contributed by atoms with Crippen molar-refractivity contribution >= 4 is 35.4 Å². The number of carbonyl (C=O) groups is 5. The minimum atomic E-state index is -0.707. The maximum absolute atomic E-state index is 13.1. The molecule has 2 fully saturated rings. The van der Waals surface area contributed by atoms with Crippen molar-refractivity contribution in [3.05, 3.63) is 65.2 Å². The van der Waals surface area contributed by atoms with Crippen LogP contribution in [0.2, 0.25) is 0 Å². The maximum atomic E-state index is 13.1. The van der Waals surface area contributed by atoms with E-state index in [1.807, 2.05) is 30.3 Å². The molecule has 0 aromatic heterocycles. The van der Waals surface area contributed by atoms with Gasteiger partial charge >= 0.3 is 12.0 Å². The molecule has 0 radical (unpaired) electrons. The fourth-order valence-corrected chi connectivity index (χ4v) is 4.57. The fraction of sp³-hybridized carbons (Fsp3) is 0.292. The molecule has 0 saturated carbocycles. The van der Waals surface area contributed by atoms with E-state index in [0.717, 1.165) is 5.56 Å². The Labute approximate surface area is 194 Å². The molecule has 10 nitrogen and oxygen atoms in total. The highest BCUT2D eigenvalue weighted by molar-refractivity contribution is 6.05. The maximum Gasteiger partial charge on any atom is 0.325 e. The molecule has 2 saturated heterocycles. The van der Waals surface area contributed by atoms with Gasteiger partial charge in [-0.15, -0.1) is 0 Å². The number of cyclic esters (lactones) is 1. The van der Waals surface area contributed by atoms with Crippen LogP contribution in [0.1, 0.15) is 40.4 Å². The summed E-state index contributed by atoms with van der Waals surface area (Å²) < 4.78 is 5.18. The number of amides is 5. The quantitative estimate of drug-likeness (QED) is 0.527. The van der Waals surface area contributed by atoms with Crippen LogP contribution in [0.15, 0.2) is 48.5 Å². The molecule has 0 bridgehead atoms. The number of hydrogen-bond acceptors (Lipinski definition) is 6. The SMILES string of the molecule is O=C1CCC(N2Cc3cc(NC(=O)N4CC(=O)OC[C@H]4c4ccccc4)ccc3C2=O)C(=O)N1. The number of hydrogen-bond donors (Lipinski definition) is 2. The van der Waals surface area contributed by atoms with Crippen LogP contribution in [-0.2, 0) is 25.7 Å². The van der Waals surface area contributed by atoms with Crippen molar-refractivity contribution < 1.29 is 28.7 Å². The van der Waals surface area contributed by atoms with Crippen molar-refractivity contribution in [3.8, 4) is 0 Å². The smallest absolute Gasteiger partial charge is 0.325 e. The lowest BCUT2D eigenvalue weighted by molar-refractivity contribution is -0.152. The molecule has 2 aromatic carbocycles. The number of anilines is 1. The number of fused-ring (bicyclic) bond motifs is 1. The molecule has 0 spiro atoms. The predicted molar refractivity (Wildman–Crippen MR) is 118 cm³/mol. The number of benzene rings is 2. The van der Waals surface area contributed by atoms with Gasteiger partial charge in [-0.1, -0.05) is 30.3 Å². The predicted octanol–water partition coefficient (Wildman–Crippen LogP) is 1.58. The average molecular weight is 462 g/mol. The summed E-state index contributed by atoms with van der Waals surface area (Å²) in [6.45, 7) is 0.0841. The molecule has 2 N–H and O–H groups in total. The number of rotatable bonds is 3. The van der Waals surface area contributed by atoms with E-state index >= 15 is 0 Å². The van der Waals surface area contributed by atoms with Crippen LogP contribution >= 0.6 is 0 Å². The van der Waals surface area contributed by atoms with Gasteiger partial charge in [-0.2, -0.15) is 0 Å². The molecular weight excluding hydrogens is 440 g/mol. The molecular formula is C24H22N4O6. The normalized spacial score (nSPS) is 22.2. The molecule has 3 heterocycles. The Hall–Kier alpha value is -4.21. The van der Waals surface area contributed by atoms with E-state index in [-0.39, 0.29) is 44.4 Å². The first-order valence-electron chi connectivity index (χ1n) is 11.0. The molecule has 10 heteroatoms. The van der Waals surface area contributed by atoms with Gasteiger partial charge in [0.15, 0.2) is 0 Å². The number of morpholine rings is 1. The Morgan fingerprint density at radius 3 is 2.56 bits per heavy atom. The van der Waals surface area contributed by atoms with Crippen LogP contribution in [0.4, 0.5) is 10.5 Å². The second-order valence-electron chi connectivity index (χ2n) is 8.44. The molecule has 3 aliphatic rings. The second kappa shape index (κ2) is 8.62. The van der Waals surface area contributed by atoms with E-state index in [4.69, 9.17) is 4.74 Å². The summed E-state index contributed by atoms with van der Waals surface area (Å²) >= 11 is 0. The Bertz CT molecular complexity index is 1200. The van der Waals surface area contributed by atoms with E-state index in [0.29, 0.717) is 16.8 Å². The molecule has 5 amide bonds. The largest absolute Gasteiger partial charge is 0.462 e. The van der Waals surface area contributed by atoms with Crippen molar-refractivity contribution in [2.75, 3.05) is 18.5 Å². The summed E-state index contributed by atoms with van der Waals surface area (Å²) in [6, 6.07) is 12.6. The number of ether oxygens (including phenoxy) is 1. The lowest BCUT2D eigenvalue weighted by Crippen LogP contribution is -2.52. The zero-order valence-corrected chi connectivity index (χ0v) is 18.2. The van der Waals surface area contributed by atoms with Crippen LogP contribution in [0.5, 0.6) is 0 Å². The Kier molecular flexibility index (Phi) is 5.48. The van der Waals surface area contributed by atoms with Crippen LogP contribution in [0.25, 0.3) is 0 Å². The number of esters is 1. The molecule has 0 aliphatic carbocycles. The Balaban J connectivity index is 1.32. The monoisotopic (exact) mass is 462 g/mol. The first-order valence-corrected chi connectivity index (χ1v) is 11.0. The van der Waals surface area contributed by atoms with Crippen molar-refractivity contribution in [2.45, 2.75) is 31.5 Å². The van der Waals surface area contributed by atoms with Gasteiger partial charge in [-0.05, 0) is 35.7 Å². The number of urea groups is 1. The van der Waals surface area contributed by atoms with E-state index in [1.54, 1.807) is 18.2 Å². The first-order chi connectivity index (χ1) is 16.4. The summed E-state index contributed by atoms with van der Waals surface area (Å²) in [5.41, 5.74) is 2.44. The molecule has 174 valence electrons. The van der Waals surface area contributed by atoms with E-state index in [2.05, 4.69) is 10.6 Å².